The number of nitrogens with zero attached hydrogens (tertiary/aromatic N) is 2. The standard InChI is InChI=1S/C12H14N2O3/c1-7(12(15)16)14(3)9-4-5-10-11(6-9)17-8(2)13-10/h4-7H,1-3H3,(H,15,16). The van der Waals surface area contributed by atoms with Crippen LogP contribution in [0.15, 0.2) is 22.6 Å². The molecule has 0 spiro atoms. The van der Waals surface area contributed by atoms with Crippen LogP contribution in [0.25, 0.3) is 11.1 Å². The summed E-state index contributed by atoms with van der Waals surface area (Å²) in [4.78, 5) is 16.8. The van der Waals surface area contributed by atoms with Crippen LogP contribution in [-0.2, 0) is 4.79 Å². The van der Waals surface area contributed by atoms with Crippen LogP contribution >= 0.6 is 0 Å². The number of likely N-dealkylation sites (N-methyl/N-ethyl adjacent to an activating group) is 1. The summed E-state index contributed by atoms with van der Waals surface area (Å²) < 4.78 is 5.41. The molecular formula is C12H14N2O3. The van der Waals surface area contributed by atoms with Crippen molar-refractivity contribution in [3.05, 3.63) is 24.1 Å². The molecule has 90 valence electrons. The molecule has 5 heteroatoms. The van der Waals surface area contributed by atoms with E-state index in [0.29, 0.717) is 11.5 Å². The molecule has 1 aromatic carbocycles. The normalized spacial score (nSPS) is 12.6. The van der Waals surface area contributed by atoms with E-state index < -0.39 is 12.0 Å². The predicted molar refractivity (Wildman–Crippen MR) is 64.2 cm³/mol. The van der Waals surface area contributed by atoms with Gasteiger partial charge in [-0.25, -0.2) is 9.78 Å². The summed E-state index contributed by atoms with van der Waals surface area (Å²) in [6.45, 7) is 3.42. The molecule has 0 bridgehead atoms. The number of oxazole rings is 1. The maximum Gasteiger partial charge on any atom is 0.326 e. The number of rotatable bonds is 3. The van der Waals surface area contributed by atoms with Crippen molar-refractivity contribution in [1.29, 1.82) is 0 Å². The number of benzene rings is 1. The molecule has 0 aliphatic carbocycles. The van der Waals surface area contributed by atoms with Gasteiger partial charge in [0.15, 0.2) is 11.5 Å². The Morgan fingerprint density at radius 1 is 1.53 bits per heavy atom. The zero-order valence-electron chi connectivity index (χ0n) is 9.97. The maximum atomic E-state index is 10.9. The summed E-state index contributed by atoms with van der Waals surface area (Å²) >= 11 is 0. The van der Waals surface area contributed by atoms with E-state index >= 15 is 0 Å². The van der Waals surface area contributed by atoms with Crippen molar-refractivity contribution in [3.8, 4) is 0 Å². The van der Waals surface area contributed by atoms with Gasteiger partial charge in [0.25, 0.3) is 0 Å². The largest absolute Gasteiger partial charge is 0.480 e. The minimum Gasteiger partial charge on any atom is -0.480 e. The van der Waals surface area contributed by atoms with Crippen LogP contribution in [0.2, 0.25) is 0 Å². The number of hydrogen-bond donors (Lipinski definition) is 1. The van der Waals surface area contributed by atoms with Crippen molar-refractivity contribution in [2.45, 2.75) is 19.9 Å². The fraction of sp³-hybridized carbons (Fsp3) is 0.333. The highest BCUT2D eigenvalue weighted by molar-refractivity contribution is 5.81. The second-order valence-corrected chi connectivity index (χ2v) is 4.01. The molecule has 0 radical (unpaired) electrons. The summed E-state index contributed by atoms with van der Waals surface area (Å²) in [6, 6.07) is 4.88. The first kappa shape index (κ1) is 11.4. The summed E-state index contributed by atoms with van der Waals surface area (Å²) in [6.07, 6.45) is 0. The lowest BCUT2D eigenvalue weighted by Gasteiger charge is -2.23. The Labute approximate surface area is 98.7 Å². The van der Waals surface area contributed by atoms with Gasteiger partial charge in [-0.05, 0) is 19.1 Å². The van der Waals surface area contributed by atoms with Gasteiger partial charge in [-0.2, -0.15) is 0 Å². The van der Waals surface area contributed by atoms with Gasteiger partial charge < -0.3 is 14.4 Å². The highest BCUT2D eigenvalue weighted by Crippen LogP contribution is 2.23. The SMILES string of the molecule is Cc1nc2ccc(N(C)C(C)C(=O)O)cc2o1. The van der Waals surface area contributed by atoms with Crippen molar-refractivity contribution in [2.75, 3.05) is 11.9 Å². The number of hydrogen-bond acceptors (Lipinski definition) is 4. The minimum absolute atomic E-state index is 0.587. The molecule has 2 rings (SSSR count). The van der Waals surface area contributed by atoms with Crippen LogP contribution in [0, 0.1) is 6.92 Å². The van der Waals surface area contributed by atoms with E-state index in [2.05, 4.69) is 4.98 Å². The van der Waals surface area contributed by atoms with E-state index in [1.165, 1.54) is 0 Å². The molecule has 0 saturated heterocycles. The third-order valence-electron chi connectivity index (χ3n) is 2.82. The predicted octanol–water partition coefficient (Wildman–Crippen LogP) is 2.05. The fourth-order valence-corrected chi connectivity index (χ4v) is 1.64. The molecule has 0 aliphatic rings. The number of carboxylic acids is 1. The fourth-order valence-electron chi connectivity index (χ4n) is 1.64. The second kappa shape index (κ2) is 4.08. The maximum absolute atomic E-state index is 10.9. The first-order chi connectivity index (χ1) is 7.99. The summed E-state index contributed by atoms with van der Waals surface area (Å²) in [5.74, 6) is -0.257. The molecule has 0 amide bonds. The van der Waals surface area contributed by atoms with E-state index in [1.54, 1.807) is 31.9 Å². The van der Waals surface area contributed by atoms with Crippen molar-refractivity contribution in [3.63, 3.8) is 0 Å². The van der Waals surface area contributed by atoms with Crippen LogP contribution in [-0.4, -0.2) is 29.1 Å². The van der Waals surface area contributed by atoms with Crippen molar-refractivity contribution < 1.29 is 14.3 Å². The Balaban J connectivity index is 2.38. The van der Waals surface area contributed by atoms with Gasteiger partial charge in [0.1, 0.15) is 11.6 Å². The number of aryl methyl sites for hydroxylation is 1. The zero-order chi connectivity index (χ0) is 12.6. The van der Waals surface area contributed by atoms with Crippen LogP contribution in [0.4, 0.5) is 5.69 Å². The van der Waals surface area contributed by atoms with Crippen LogP contribution in [0.5, 0.6) is 0 Å². The number of carbonyl (C=O) groups is 1. The highest BCUT2D eigenvalue weighted by atomic mass is 16.4. The van der Waals surface area contributed by atoms with Crippen molar-refractivity contribution >= 4 is 22.8 Å². The highest BCUT2D eigenvalue weighted by Gasteiger charge is 2.17. The van der Waals surface area contributed by atoms with Gasteiger partial charge >= 0.3 is 5.97 Å². The summed E-state index contributed by atoms with van der Waals surface area (Å²) in [7, 11) is 1.74. The lowest BCUT2D eigenvalue weighted by atomic mass is 10.2. The molecule has 0 saturated carbocycles. The van der Waals surface area contributed by atoms with Crippen molar-refractivity contribution in [2.24, 2.45) is 0 Å². The Hall–Kier alpha value is -2.04. The second-order valence-electron chi connectivity index (χ2n) is 4.01. The van der Waals surface area contributed by atoms with E-state index in [-0.39, 0.29) is 0 Å². The van der Waals surface area contributed by atoms with Crippen molar-refractivity contribution in [1.82, 2.24) is 4.98 Å². The van der Waals surface area contributed by atoms with E-state index in [0.717, 1.165) is 11.2 Å². The molecule has 2 aromatic rings. The average Bonchev–Trinajstić information content (AvgIpc) is 2.65. The molecule has 5 nitrogen and oxygen atoms in total. The van der Waals surface area contributed by atoms with E-state index in [1.807, 2.05) is 12.1 Å². The number of aromatic nitrogens is 1. The monoisotopic (exact) mass is 234 g/mol. The van der Waals surface area contributed by atoms with Gasteiger partial charge in [0, 0.05) is 25.7 Å². The lowest BCUT2D eigenvalue weighted by Crippen LogP contribution is -2.35. The quantitative estimate of drug-likeness (QED) is 0.880. The zero-order valence-corrected chi connectivity index (χ0v) is 9.97. The van der Waals surface area contributed by atoms with Gasteiger partial charge in [-0.15, -0.1) is 0 Å². The van der Waals surface area contributed by atoms with Crippen LogP contribution in [0.1, 0.15) is 12.8 Å². The lowest BCUT2D eigenvalue weighted by molar-refractivity contribution is -0.138. The molecule has 1 atom stereocenters. The smallest absolute Gasteiger partial charge is 0.326 e. The third-order valence-corrected chi connectivity index (χ3v) is 2.82. The van der Waals surface area contributed by atoms with Gasteiger partial charge in [0.2, 0.25) is 0 Å². The molecule has 0 fully saturated rings. The minimum atomic E-state index is -0.860. The Morgan fingerprint density at radius 3 is 2.88 bits per heavy atom. The molecule has 1 aromatic heterocycles. The van der Waals surface area contributed by atoms with E-state index in [9.17, 15) is 4.79 Å². The Morgan fingerprint density at radius 2 is 2.24 bits per heavy atom. The number of fused-ring (bicyclic) bond motifs is 1. The molecule has 1 N–H and O–H groups in total. The Bertz CT molecular complexity index is 562. The number of anilines is 1. The molecular weight excluding hydrogens is 220 g/mol. The molecule has 1 unspecified atom stereocenters. The van der Waals surface area contributed by atoms with Gasteiger partial charge in [-0.1, -0.05) is 0 Å². The van der Waals surface area contributed by atoms with Gasteiger partial charge in [-0.3, -0.25) is 0 Å². The van der Waals surface area contributed by atoms with Crippen LogP contribution < -0.4 is 4.90 Å². The molecule has 0 aliphatic heterocycles. The van der Waals surface area contributed by atoms with Gasteiger partial charge in [0.05, 0.1) is 0 Å². The topological polar surface area (TPSA) is 66.6 Å². The number of aliphatic carboxylic acids is 1. The summed E-state index contributed by atoms with van der Waals surface area (Å²) in [5.41, 5.74) is 2.25. The van der Waals surface area contributed by atoms with E-state index in [4.69, 9.17) is 9.52 Å². The molecule has 17 heavy (non-hydrogen) atoms. The number of carboxylic acid groups (broad SMARTS) is 1. The van der Waals surface area contributed by atoms with Crippen LogP contribution in [0.3, 0.4) is 0 Å². The first-order valence-corrected chi connectivity index (χ1v) is 5.32. The molecule has 1 heterocycles. The summed E-state index contributed by atoms with van der Waals surface area (Å²) in [5, 5.41) is 8.95. The Kier molecular flexibility index (Phi) is 2.75. The third kappa shape index (κ3) is 2.08. The average molecular weight is 234 g/mol. The first-order valence-electron chi connectivity index (χ1n) is 5.32.